The minimum absolute atomic E-state index is 0.357. The molecule has 0 fully saturated rings. The second kappa shape index (κ2) is 6.44. The first-order valence-corrected chi connectivity index (χ1v) is 5.03. The third-order valence-electron chi connectivity index (χ3n) is 2.51. The first kappa shape index (κ1) is 11.9. The van der Waals surface area contributed by atoms with Crippen LogP contribution < -0.4 is 5.73 Å². The van der Waals surface area contributed by atoms with Crippen molar-refractivity contribution in [1.29, 1.82) is 0 Å². The molecule has 12 heavy (non-hydrogen) atoms. The minimum Gasteiger partial charge on any atom is -0.328 e. The van der Waals surface area contributed by atoms with E-state index in [1.807, 2.05) is 0 Å². The molecule has 74 valence electrons. The molecule has 2 N–H and O–H groups in total. The summed E-state index contributed by atoms with van der Waals surface area (Å²) in [6.07, 6.45) is 3.59. The highest BCUT2D eigenvalue weighted by Crippen LogP contribution is 2.02. The van der Waals surface area contributed by atoms with Crippen molar-refractivity contribution in [1.82, 2.24) is 4.90 Å². The highest BCUT2D eigenvalue weighted by Gasteiger charge is 2.05. The van der Waals surface area contributed by atoms with Crippen LogP contribution in [0.15, 0.2) is 0 Å². The maximum atomic E-state index is 5.67. The van der Waals surface area contributed by atoms with Crippen LogP contribution in [0.2, 0.25) is 0 Å². The second-order valence-corrected chi connectivity index (χ2v) is 3.86. The first-order chi connectivity index (χ1) is 5.57. The summed E-state index contributed by atoms with van der Waals surface area (Å²) in [5.74, 6) is 0. The Morgan fingerprint density at radius 2 is 1.92 bits per heavy atom. The molecule has 0 saturated heterocycles. The molecule has 0 bridgehead atoms. The van der Waals surface area contributed by atoms with Crippen molar-refractivity contribution in [2.75, 3.05) is 13.6 Å². The fraction of sp³-hybridized carbons (Fsp3) is 1.00. The first-order valence-electron chi connectivity index (χ1n) is 5.03. The standard InChI is InChI=1S/C10H24N2/c1-5-10(3)12(4)8-6-7-9(2)11/h9-10H,5-8,11H2,1-4H3. The van der Waals surface area contributed by atoms with Crippen LogP contribution in [0.4, 0.5) is 0 Å². The van der Waals surface area contributed by atoms with Gasteiger partial charge in [0.25, 0.3) is 0 Å². The fourth-order valence-corrected chi connectivity index (χ4v) is 1.19. The number of nitrogens with zero attached hydrogens (tertiary/aromatic N) is 1. The van der Waals surface area contributed by atoms with Crippen LogP contribution in [-0.4, -0.2) is 30.6 Å². The van der Waals surface area contributed by atoms with Gasteiger partial charge in [-0.25, -0.2) is 0 Å². The van der Waals surface area contributed by atoms with E-state index >= 15 is 0 Å². The zero-order valence-electron chi connectivity index (χ0n) is 9.01. The van der Waals surface area contributed by atoms with Crippen molar-refractivity contribution in [2.45, 2.75) is 52.1 Å². The topological polar surface area (TPSA) is 29.3 Å². The monoisotopic (exact) mass is 172 g/mol. The predicted octanol–water partition coefficient (Wildman–Crippen LogP) is 1.84. The maximum absolute atomic E-state index is 5.67. The van der Waals surface area contributed by atoms with Crippen LogP contribution in [0.3, 0.4) is 0 Å². The quantitative estimate of drug-likeness (QED) is 0.662. The molecular weight excluding hydrogens is 148 g/mol. The number of nitrogens with two attached hydrogens (primary N) is 1. The molecular formula is C10H24N2. The highest BCUT2D eigenvalue weighted by atomic mass is 15.1. The van der Waals surface area contributed by atoms with Gasteiger partial charge in [-0.15, -0.1) is 0 Å². The Morgan fingerprint density at radius 1 is 1.33 bits per heavy atom. The molecule has 0 aromatic carbocycles. The van der Waals surface area contributed by atoms with Gasteiger partial charge in [-0.1, -0.05) is 6.92 Å². The lowest BCUT2D eigenvalue weighted by Gasteiger charge is -2.23. The van der Waals surface area contributed by atoms with Gasteiger partial charge in [0, 0.05) is 12.1 Å². The van der Waals surface area contributed by atoms with Crippen molar-refractivity contribution in [3.8, 4) is 0 Å². The summed E-state index contributed by atoms with van der Waals surface area (Å²) in [5, 5.41) is 0. The molecule has 0 amide bonds. The van der Waals surface area contributed by atoms with E-state index in [-0.39, 0.29) is 0 Å². The molecule has 0 rings (SSSR count). The van der Waals surface area contributed by atoms with E-state index < -0.39 is 0 Å². The molecule has 0 aliphatic heterocycles. The van der Waals surface area contributed by atoms with Gasteiger partial charge in [-0.2, -0.15) is 0 Å². The second-order valence-electron chi connectivity index (χ2n) is 3.86. The SMILES string of the molecule is CCC(C)N(C)CCCC(C)N. The molecule has 0 aliphatic rings. The molecule has 0 aliphatic carbocycles. The summed E-state index contributed by atoms with van der Waals surface area (Å²) in [7, 11) is 2.19. The Hall–Kier alpha value is -0.0800. The Morgan fingerprint density at radius 3 is 2.33 bits per heavy atom. The van der Waals surface area contributed by atoms with Crippen LogP contribution in [-0.2, 0) is 0 Å². The average molecular weight is 172 g/mol. The van der Waals surface area contributed by atoms with Gasteiger partial charge in [0.1, 0.15) is 0 Å². The van der Waals surface area contributed by atoms with Crippen LogP contribution in [0.25, 0.3) is 0 Å². The molecule has 0 aromatic heterocycles. The van der Waals surface area contributed by atoms with Crippen molar-refractivity contribution in [3.63, 3.8) is 0 Å². The smallest absolute Gasteiger partial charge is 0.00612 e. The zero-order valence-corrected chi connectivity index (χ0v) is 9.01. The fourth-order valence-electron chi connectivity index (χ4n) is 1.19. The van der Waals surface area contributed by atoms with Crippen LogP contribution >= 0.6 is 0 Å². The van der Waals surface area contributed by atoms with Gasteiger partial charge >= 0.3 is 0 Å². The van der Waals surface area contributed by atoms with Gasteiger partial charge in [-0.05, 0) is 46.7 Å². The Balaban J connectivity index is 3.37. The summed E-state index contributed by atoms with van der Waals surface area (Å²) in [4.78, 5) is 2.41. The van der Waals surface area contributed by atoms with Gasteiger partial charge in [0.2, 0.25) is 0 Å². The lowest BCUT2D eigenvalue weighted by molar-refractivity contribution is 0.245. The largest absolute Gasteiger partial charge is 0.328 e. The number of hydrogen-bond acceptors (Lipinski definition) is 2. The molecule has 2 nitrogen and oxygen atoms in total. The Labute approximate surface area is 77.1 Å². The van der Waals surface area contributed by atoms with E-state index in [1.54, 1.807) is 0 Å². The molecule has 0 aromatic rings. The van der Waals surface area contributed by atoms with Crippen LogP contribution in [0, 0.1) is 0 Å². The van der Waals surface area contributed by atoms with E-state index in [1.165, 1.54) is 19.4 Å². The van der Waals surface area contributed by atoms with Crippen molar-refractivity contribution in [2.24, 2.45) is 5.73 Å². The van der Waals surface area contributed by atoms with Gasteiger partial charge in [-0.3, -0.25) is 0 Å². The van der Waals surface area contributed by atoms with E-state index in [0.29, 0.717) is 12.1 Å². The summed E-state index contributed by atoms with van der Waals surface area (Å²) in [5.41, 5.74) is 5.67. The lowest BCUT2D eigenvalue weighted by Crippen LogP contribution is -2.30. The average Bonchev–Trinajstić information content (AvgIpc) is 2.02. The summed E-state index contributed by atoms with van der Waals surface area (Å²) in [6.45, 7) is 7.75. The molecule has 2 atom stereocenters. The molecule has 0 heterocycles. The minimum atomic E-state index is 0.357. The van der Waals surface area contributed by atoms with Crippen molar-refractivity contribution < 1.29 is 0 Å². The van der Waals surface area contributed by atoms with Crippen LogP contribution in [0.5, 0.6) is 0 Å². The lowest BCUT2D eigenvalue weighted by atomic mass is 10.1. The van der Waals surface area contributed by atoms with Gasteiger partial charge in [0.05, 0.1) is 0 Å². The van der Waals surface area contributed by atoms with E-state index in [4.69, 9.17) is 5.73 Å². The van der Waals surface area contributed by atoms with Crippen molar-refractivity contribution >= 4 is 0 Å². The normalized spacial score (nSPS) is 16.5. The molecule has 2 heteroatoms. The van der Waals surface area contributed by atoms with E-state index in [2.05, 4.69) is 32.7 Å². The van der Waals surface area contributed by atoms with Gasteiger partial charge < -0.3 is 10.6 Å². The van der Waals surface area contributed by atoms with Gasteiger partial charge in [0.15, 0.2) is 0 Å². The third kappa shape index (κ3) is 5.56. The Kier molecular flexibility index (Phi) is 6.39. The zero-order chi connectivity index (χ0) is 9.56. The molecule has 0 saturated carbocycles. The summed E-state index contributed by atoms with van der Waals surface area (Å²) >= 11 is 0. The predicted molar refractivity (Wildman–Crippen MR) is 55.3 cm³/mol. The third-order valence-corrected chi connectivity index (χ3v) is 2.51. The molecule has 2 unspecified atom stereocenters. The van der Waals surface area contributed by atoms with Crippen LogP contribution in [0.1, 0.15) is 40.0 Å². The number of hydrogen-bond donors (Lipinski definition) is 1. The summed E-state index contributed by atoms with van der Waals surface area (Å²) < 4.78 is 0. The summed E-state index contributed by atoms with van der Waals surface area (Å²) in [6, 6.07) is 1.06. The maximum Gasteiger partial charge on any atom is 0.00612 e. The molecule has 0 spiro atoms. The van der Waals surface area contributed by atoms with E-state index in [9.17, 15) is 0 Å². The highest BCUT2D eigenvalue weighted by molar-refractivity contribution is 4.62. The Bertz CT molecular complexity index is 102. The van der Waals surface area contributed by atoms with E-state index in [0.717, 1.165) is 6.42 Å². The molecule has 0 radical (unpaired) electrons. The van der Waals surface area contributed by atoms with Crippen molar-refractivity contribution in [3.05, 3.63) is 0 Å². The number of rotatable bonds is 6.